The molecule has 2 unspecified atom stereocenters. The van der Waals surface area contributed by atoms with E-state index in [1.165, 1.54) is 0 Å². The number of hydrogen-bond acceptors (Lipinski definition) is 2. The van der Waals surface area contributed by atoms with E-state index < -0.39 is 5.82 Å². The van der Waals surface area contributed by atoms with E-state index in [1.807, 2.05) is 6.92 Å². The molecule has 1 aromatic rings. The van der Waals surface area contributed by atoms with Crippen LogP contribution in [0.4, 0.5) is 4.39 Å². The molecule has 2 N–H and O–H groups in total. The van der Waals surface area contributed by atoms with E-state index in [4.69, 9.17) is 5.73 Å². The molecule has 1 heterocycles. The summed E-state index contributed by atoms with van der Waals surface area (Å²) in [5, 5.41) is 0. The first-order chi connectivity index (χ1) is 9.02. The molecule has 1 fully saturated rings. The summed E-state index contributed by atoms with van der Waals surface area (Å²) in [6, 6.07) is 4.87. The van der Waals surface area contributed by atoms with Crippen molar-refractivity contribution in [1.82, 2.24) is 4.90 Å². The fraction of sp³-hybridized carbons (Fsp3) is 0.533. The molecule has 1 amide bonds. The van der Waals surface area contributed by atoms with Crippen molar-refractivity contribution in [1.29, 1.82) is 0 Å². The number of carbonyl (C=O) groups excluding carboxylic acids is 1. The van der Waals surface area contributed by atoms with Gasteiger partial charge in [0, 0.05) is 18.6 Å². The molecule has 2 rings (SSSR count). The Bertz CT molecular complexity index is 479. The molecule has 0 aromatic heterocycles. The van der Waals surface area contributed by atoms with Gasteiger partial charge in [0.2, 0.25) is 0 Å². The smallest absolute Gasteiger partial charge is 0.257 e. The molecule has 20 heavy (non-hydrogen) atoms. The average Bonchev–Trinajstić information content (AvgIpc) is 2.41. The Morgan fingerprint density at radius 2 is 2.15 bits per heavy atom. The number of rotatable bonds is 2. The highest BCUT2D eigenvalue weighted by molar-refractivity contribution is 5.95. The maximum atomic E-state index is 14.1. The topological polar surface area (TPSA) is 46.3 Å². The minimum absolute atomic E-state index is 0. The maximum absolute atomic E-state index is 14.1. The quantitative estimate of drug-likeness (QED) is 0.913. The van der Waals surface area contributed by atoms with Crippen LogP contribution in [0, 0.1) is 12.7 Å². The van der Waals surface area contributed by atoms with Crippen molar-refractivity contribution >= 4 is 18.3 Å². The molecule has 0 aliphatic carbocycles. The molecule has 1 saturated heterocycles. The van der Waals surface area contributed by atoms with Crippen LogP contribution in [0.2, 0.25) is 0 Å². The van der Waals surface area contributed by atoms with Gasteiger partial charge >= 0.3 is 0 Å². The second-order valence-corrected chi connectivity index (χ2v) is 5.36. The minimum atomic E-state index is -0.415. The van der Waals surface area contributed by atoms with Gasteiger partial charge in [0.1, 0.15) is 5.82 Å². The standard InChI is InChI=1S/C15H21FN2O.ClH/c1-10-6-5-7-12(14(10)16)15(19)18-9-4-3-8-13(18)11(2)17;/h5-7,11,13H,3-4,8-9,17H2,1-2H3;1H. The first-order valence-electron chi connectivity index (χ1n) is 6.84. The molecule has 112 valence electrons. The van der Waals surface area contributed by atoms with E-state index in [-0.39, 0.29) is 36.0 Å². The van der Waals surface area contributed by atoms with Crippen LogP contribution in [-0.4, -0.2) is 29.4 Å². The number of nitrogens with two attached hydrogens (primary N) is 1. The van der Waals surface area contributed by atoms with Crippen molar-refractivity contribution in [3.63, 3.8) is 0 Å². The average molecular weight is 301 g/mol. The highest BCUT2D eigenvalue weighted by atomic mass is 35.5. The normalized spacial score (nSPS) is 20.2. The number of carbonyl (C=O) groups is 1. The second kappa shape index (κ2) is 7.04. The van der Waals surface area contributed by atoms with E-state index >= 15 is 0 Å². The van der Waals surface area contributed by atoms with Crippen LogP contribution in [0.1, 0.15) is 42.1 Å². The van der Waals surface area contributed by atoms with E-state index in [0.29, 0.717) is 12.1 Å². The number of benzene rings is 1. The van der Waals surface area contributed by atoms with Gasteiger partial charge in [-0.1, -0.05) is 12.1 Å². The van der Waals surface area contributed by atoms with Crippen molar-refractivity contribution in [2.75, 3.05) is 6.54 Å². The first-order valence-corrected chi connectivity index (χ1v) is 6.84. The molecule has 1 aliphatic heterocycles. The maximum Gasteiger partial charge on any atom is 0.257 e. The molecule has 2 atom stereocenters. The molecular formula is C15H22ClFN2O. The van der Waals surface area contributed by atoms with Crippen molar-refractivity contribution in [2.24, 2.45) is 5.73 Å². The lowest BCUT2D eigenvalue weighted by Gasteiger charge is -2.38. The van der Waals surface area contributed by atoms with Gasteiger partial charge in [0.25, 0.3) is 5.91 Å². The number of aryl methyl sites for hydroxylation is 1. The molecule has 5 heteroatoms. The molecule has 0 spiro atoms. The van der Waals surface area contributed by atoms with Gasteiger partial charge in [0.05, 0.1) is 5.56 Å². The van der Waals surface area contributed by atoms with E-state index in [2.05, 4.69) is 0 Å². The lowest BCUT2D eigenvalue weighted by Crippen LogP contribution is -2.51. The Morgan fingerprint density at radius 3 is 2.80 bits per heavy atom. The van der Waals surface area contributed by atoms with Gasteiger partial charge in [-0.2, -0.15) is 0 Å². The first kappa shape index (κ1) is 16.9. The van der Waals surface area contributed by atoms with Crippen molar-refractivity contribution < 1.29 is 9.18 Å². The summed E-state index contributed by atoms with van der Waals surface area (Å²) in [6.45, 7) is 4.24. The van der Waals surface area contributed by atoms with Crippen LogP contribution < -0.4 is 5.73 Å². The Morgan fingerprint density at radius 1 is 1.45 bits per heavy atom. The van der Waals surface area contributed by atoms with Crippen molar-refractivity contribution in [2.45, 2.75) is 45.2 Å². The largest absolute Gasteiger partial charge is 0.334 e. The van der Waals surface area contributed by atoms with E-state index in [1.54, 1.807) is 30.0 Å². The zero-order valence-electron chi connectivity index (χ0n) is 11.9. The van der Waals surface area contributed by atoms with Gasteiger partial charge in [-0.25, -0.2) is 4.39 Å². The summed E-state index contributed by atoms with van der Waals surface area (Å²) >= 11 is 0. The van der Waals surface area contributed by atoms with Crippen molar-refractivity contribution in [3.05, 3.63) is 35.1 Å². The Hall–Kier alpha value is -1.13. The second-order valence-electron chi connectivity index (χ2n) is 5.36. The van der Waals surface area contributed by atoms with Gasteiger partial charge in [-0.15, -0.1) is 12.4 Å². The van der Waals surface area contributed by atoms with Crippen LogP contribution in [0.5, 0.6) is 0 Å². The third kappa shape index (κ3) is 3.30. The Labute approximate surface area is 125 Å². The number of hydrogen-bond donors (Lipinski definition) is 1. The van der Waals surface area contributed by atoms with Gasteiger partial charge in [-0.3, -0.25) is 4.79 Å². The Balaban J connectivity index is 0.00000200. The van der Waals surface area contributed by atoms with Crippen LogP contribution >= 0.6 is 12.4 Å². The van der Waals surface area contributed by atoms with Gasteiger partial charge < -0.3 is 10.6 Å². The fourth-order valence-corrected chi connectivity index (χ4v) is 2.72. The van der Waals surface area contributed by atoms with E-state index in [0.717, 1.165) is 19.3 Å². The number of piperidine rings is 1. The highest BCUT2D eigenvalue weighted by Crippen LogP contribution is 2.23. The SMILES string of the molecule is Cc1cccc(C(=O)N2CCCCC2C(C)N)c1F.Cl. The molecule has 0 bridgehead atoms. The number of amides is 1. The molecular weight excluding hydrogens is 279 g/mol. The van der Waals surface area contributed by atoms with Gasteiger partial charge in [0.15, 0.2) is 0 Å². The number of likely N-dealkylation sites (tertiary alicyclic amines) is 1. The molecule has 1 aromatic carbocycles. The predicted molar refractivity (Wildman–Crippen MR) is 80.7 cm³/mol. The molecule has 1 aliphatic rings. The third-order valence-corrected chi connectivity index (χ3v) is 3.84. The lowest BCUT2D eigenvalue weighted by molar-refractivity contribution is 0.0579. The zero-order chi connectivity index (χ0) is 14.0. The minimum Gasteiger partial charge on any atom is -0.334 e. The van der Waals surface area contributed by atoms with Crippen LogP contribution in [0.25, 0.3) is 0 Å². The lowest BCUT2D eigenvalue weighted by atomic mass is 9.95. The fourth-order valence-electron chi connectivity index (χ4n) is 2.72. The summed E-state index contributed by atoms with van der Waals surface area (Å²) in [5.41, 5.74) is 6.61. The van der Waals surface area contributed by atoms with Gasteiger partial charge in [-0.05, 0) is 44.7 Å². The summed E-state index contributed by atoms with van der Waals surface area (Å²) in [4.78, 5) is 14.3. The summed E-state index contributed by atoms with van der Waals surface area (Å²) in [7, 11) is 0. The molecule has 0 radical (unpaired) electrons. The summed E-state index contributed by atoms with van der Waals surface area (Å²) in [5.74, 6) is -0.648. The Kier molecular flexibility index (Phi) is 5.96. The summed E-state index contributed by atoms with van der Waals surface area (Å²) < 4.78 is 14.1. The monoisotopic (exact) mass is 300 g/mol. The predicted octanol–water partition coefficient (Wildman–Crippen LogP) is 2.90. The summed E-state index contributed by atoms with van der Waals surface area (Å²) in [6.07, 6.45) is 2.94. The number of nitrogens with zero attached hydrogens (tertiary/aromatic N) is 1. The van der Waals surface area contributed by atoms with Crippen LogP contribution in [0.15, 0.2) is 18.2 Å². The van der Waals surface area contributed by atoms with Crippen LogP contribution in [0.3, 0.4) is 0 Å². The third-order valence-electron chi connectivity index (χ3n) is 3.84. The van der Waals surface area contributed by atoms with Crippen LogP contribution in [-0.2, 0) is 0 Å². The van der Waals surface area contributed by atoms with E-state index in [9.17, 15) is 9.18 Å². The van der Waals surface area contributed by atoms with Crippen molar-refractivity contribution in [3.8, 4) is 0 Å². The highest BCUT2D eigenvalue weighted by Gasteiger charge is 2.31. The molecule has 3 nitrogen and oxygen atoms in total. The number of halogens is 2. The zero-order valence-corrected chi connectivity index (χ0v) is 12.8. The molecule has 0 saturated carbocycles.